The van der Waals surface area contributed by atoms with Gasteiger partial charge in [0.25, 0.3) is 5.91 Å². The second-order valence-electron chi connectivity index (χ2n) is 7.13. The van der Waals surface area contributed by atoms with Crippen molar-refractivity contribution in [3.63, 3.8) is 0 Å². The molecule has 0 saturated heterocycles. The van der Waals surface area contributed by atoms with Gasteiger partial charge in [-0.15, -0.1) is 0 Å². The van der Waals surface area contributed by atoms with E-state index in [1.54, 1.807) is 6.92 Å². The molecule has 25 heavy (non-hydrogen) atoms. The zero-order valence-corrected chi connectivity index (χ0v) is 15.3. The Labute approximate surface area is 150 Å². The van der Waals surface area contributed by atoms with Crippen molar-refractivity contribution < 1.29 is 9.53 Å². The first-order chi connectivity index (χ1) is 12.0. The third-order valence-corrected chi connectivity index (χ3v) is 4.84. The molecule has 0 radical (unpaired) electrons. The summed E-state index contributed by atoms with van der Waals surface area (Å²) >= 11 is 0. The summed E-state index contributed by atoms with van der Waals surface area (Å²) in [5.74, 6) is 1.01. The number of benzene rings is 2. The zero-order chi connectivity index (χ0) is 17.8. The van der Waals surface area contributed by atoms with Crippen LogP contribution in [0.15, 0.2) is 42.5 Å². The van der Waals surface area contributed by atoms with E-state index in [4.69, 9.17) is 4.74 Å². The van der Waals surface area contributed by atoms with Gasteiger partial charge in [-0.25, -0.2) is 0 Å². The Hall–Kier alpha value is -2.29. The number of nitrogens with one attached hydrogen (secondary N) is 1. The van der Waals surface area contributed by atoms with Crippen LogP contribution < -0.4 is 10.1 Å². The molecule has 1 unspecified atom stereocenters. The molecular weight excluding hydrogens is 310 g/mol. The highest BCUT2D eigenvalue weighted by Crippen LogP contribution is 2.27. The Bertz CT molecular complexity index is 751. The van der Waals surface area contributed by atoms with Crippen molar-refractivity contribution in [2.45, 2.75) is 58.5 Å². The fraction of sp³-hybridized carbons (Fsp3) is 0.409. The molecule has 1 amide bonds. The molecule has 2 aromatic carbocycles. The molecule has 1 aliphatic carbocycles. The minimum atomic E-state index is -0.540. The predicted octanol–water partition coefficient (Wildman–Crippen LogP) is 5.09. The molecule has 3 rings (SSSR count). The summed E-state index contributed by atoms with van der Waals surface area (Å²) in [6, 6.07) is 14.2. The van der Waals surface area contributed by atoms with Crippen LogP contribution in [-0.2, 0) is 17.6 Å². The lowest BCUT2D eigenvalue weighted by Crippen LogP contribution is -2.30. The van der Waals surface area contributed by atoms with Gasteiger partial charge in [0.2, 0.25) is 0 Å². The average molecular weight is 337 g/mol. The summed E-state index contributed by atoms with van der Waals surface area (Å²) < 4.78 is 5.90. The first-order valence-corrected chi connectivity index (χ1v) is 9.23. The van der Waals surface area contributed by atoms with Crippen molar-refractivity contribution >= 4 is 11.6 Å². The number of hydrogen-bond acceptors (Lipinski definition) is 2. The number of fused-ring (bicyclic) bond motifs is 1. The molecule has 2 aromatic rings. The standard InChI is InChI=1S/C22H27NO2/c1-15(2)20-10-6-7-11-21(20)23-22(24)16(3)25-19-13-12-17-8-4-5-9-18(17)14-19/h6-7,10-16H,4-5,8-9H2,1-3H3,(H,23,24). The van der Waals surface area contributed by atoms with E-state index in [1.165, 1.54) is 24.0 Å². The lowest BCUT2D eigenvalue weighted by Gasteiger charge is -2.20. The van der Waals surface area contributed by atoms with E-state index in [-0.39, 0.29) is 5.91 Å². The molecule has 0 fully saturated rings. The van der Waals surface area contributed by atoms with Crippen molar-refractivity contribution in [2.75, 3.05) is 5.32 Å². The summed E-state index contributed by atoms with van der Waals surface area (Å²) in [5.41, 5.74) is 4.78. The van der Waals surface area contributed by atoms with Crippen LogP contribution in [0.2, 0.25) is 0 Å². The number of anilines is 1. The molecule has 0 heterocycles. The van der Waals surface area contributed by atoms with E-state index in [2.05, 4.69) is 37.4 Å². The molecule has 1 aliphatic rings. The fourth-order valence-corrected chi connectivity index (χ4v) is 3.39. The van der Waals surface area contributed by atoms with Crippen LogP contribution in [0.25, 0.3) is 0 Å². The van der Waals surface area contributed by atoms with Gasteiger partial charge in [0.05, 0.1) is 0 Å². The molecule has 3 heteroatoms. The summed E-state index contributed by atoms with van der Waals surface area (Å²) in [7, 11) is 0. The fourth-order valence-electron chi connectivity index (χ4n) is 3.39. The minimum Gasteiger partial charge on any atom is -0.481 e. The Kier molecular flexibility index (Phi) is 5.42. The Morgan fingerprint density at radius 3 is 2.48 bits per heavy atom. The van der Waals surface area contributed by atoms with Crippen LogP contribution in [0.1, 0.15) is 56.2 Å². The highest BCUT2D eigenvalue weighted by molar-refractivity contribution is 5.94. The molecule has 1 atom stereocenters. The van der Waals surface area contributed by atoms with Crippen LogP contribution in [0.3, 0.4) is 0 Å². The van der Waals surface area contributed by atoms with Crippen molar-refractivity contribution in [2.24, 2.45) is 0 Å². The molecule has 1 N–H and O–H groups in total. The van der Waals surface area contributed by atoms with Gasteiger partial charge in [-0.2, -0.15) is 0 Å². The van der Waals surface area contributed by atoms with Crippen LogP contribution in [0, 0.1) is 0 Å². The van der Waals surface area contributed by atoms with E-state index in [0.717, 1.165) is 29.8 Å². The number of aryl methyl sites for hydroxylation is 2. The number of carbonyl (C=O) groups is 1. The number of rotatable bonds is 5. The monoisotopic (exact) mass is 337 g/mol. The lowest BCUT2D eigenvalue weighted by molar-refractivity contribution is -0.122. The second kappa shape index (κ2) is 7.73. The summed E-state index contributed by atoms with van der Waals surface area (Å²) in [4.78, 5) is 12.5. The lowest BCUT2D eigenvalue weighted by atomic mass is 9.92. The van der Waals surface area contributed by atoms with Crippen molar-refractivity contribution in [1.29, 1.82) is 0 Å². The van der Waals surface area contributed by atoms with Gasteiger partial charge in [-0.1, -0.05) is 38.1 Å². The molecule has 3 nitrogen and oxygen atoms in total. The van der Waals surface area contributed by atoms with Gasteiger partial charge < -0.3 is 10.1 Å². The topological polar surface area (TPSA) is 38.3 Å². The van der Waals surface area contributed by atoms with Crippen molar-refractivity contribution in [3.8, 4) is 5.75 Å². The molecule has 132 valence electrons. The van der Waals surface area contributed by atoms with Crippen LogP contribution in [0.5, 0.6) is 5.75 Å². The highest BCUT2D eigenvalue weighted by atomic mass is 16.5. The Morgan fingerprint density at radius 2 is 1.72 bits per heavy atom. The summed E-state index contributed by atoms with van der Waals surface area (Å²) in [5, 5.41) is 3.01. The molecule has 0 bridgehead atoms. The van der Waals surface area contributed by atoms with Gasteiger partial charge in [0.1, 0.15) is 5.75 Å². The smallest absolute Gasteiger partial charge is 0.265 e. The molecule has 0 aliphatic heterocycles. The highest BCUT2D eigenvalue weighted by Gasteiger charge is 2.18. The third kappa shape index (κ3) is 4.22. The number of para-hydroxylation sites is 1. The van der Waals surface area contributed by atoms with Gasteiger partial charge in [-0.05, 0) is 73.4 Å². The zero-order valence-electron chi connectivity index (χ0n) is 15.3. The van der Waals surface area contributed by atoms with E-state index in [9.17, 15) is 4.79 Å². The maximum atomic E-state index is 12.5. The number of ether oxygens (including phenoxy) is 1. The van der Waals surface area contributed by atoms with Gasteiger partial charge >= 0.3 is 0 Å². The number of carbonyl (C=O) groups excluding carboxylic acids is 1. The van der Waals surface area contributed by atoms with Crippen LogP contribution in [-0.4, -0.2) is 12.0 Å². The number of amides is 1. The van der Waals surface area contributed by atoms with Crippen LogP contribution in [0.4, 0.5) is 5.69 Å². The Morgan fingerprint density at radius 1 is 1.00 bits per heavy atom. The first kappa shape index (κ1) is 17.5. The number of hydrogen-bond donors (Lipinski definition) is 1. The molecule has 0 saturated carbocycles. The third-order valence-electron chi connectivity index (χ3n) is 4.84. The van der Waals surface area contributed by atoms with E-state index < -0.39 is 6.10 Å². The quantitative estimate of drug-likeness (QED) is 0.825. The van der Waals surface area contributed by atoms with Crippen molar-refractivity contribution in [3.05, 3.63) is 59.2 Å². The van der Waals surface area contributed by atoms with Gasteiger partial charge in [0.15, 0.2) is 6.10 Å². The largest absolute Gasteiger partial charge is 0.481 e. The van der Waals surface area contributed by atoms with Gasteiger partial charge in [-0.3, -0.25) is 4.79 Å². The molecular formula is C22H27NO2. The maximum absolute atomic E-state index is 12.5. The average Bonchev–Trinajstić information content (AvgIpc) is 2.61. The van der Waals surface area contributed by atoms with E-state index >= 15 is 0 Å². The first-order valence-electron chi connectivity index (χ1n) is 9.23. The maximum Gasteiger partial charge on any atom is 0.265 e. The summed E-state index contributed by atoms with van der Waals surface area (Å²) in [6.07, 6.45) is 4.22. The Balaban J connectivity index is 1.67. The second-order valence-corrected chi connectivity index (χ2v) is 7.13. The normalized spacial score (nSPS) is 14.7. The van der Waals surface area contributed by atoms with Crippen LogP contribution >= 0.6 is 0 Å². The minimum absolute atomic E-state index is 0.120. The summed E-state index contributed by atoms with van der Waals surface area (Å²) in [6.45, 7) is 6.04. The SMILES string of the molecule is CC(Oc1ccc2c(c1)CCCC2)C(=O)Nc1ccccc1C(C)C. The van der Waals surface area contributed by atoms with Crippen molar-refractivity contribution in [1.82, 2.24) is 0 Å². The van der Waals surface area contributed by atoms with E-state index in [1.807, 2.05) is 24.3 Å². The molecule has 0 aromatic heterocycles. The molecule has 0 spiro atoms. The van der Waals surface area contributed by atoms with Gasteiger partial charge in [0, 0.05) is 5.69 Å². The predicted molar refractivity (Wildman–Crippen MR) is 102 cm³/mol. The van der Waals surface area contributed by atoms with E-state index in [0.29, 0.717) is 5.92 Å².